The average molecular weight is 264 g/mol. The summed E-state index contributed by atoms with van der Waals surface area (Å²) in [5, 5.41) is 0.640. The van der Waals surface area contributed by atoms with Crippen molar-refractivity contribution in [2.24, 2.45) is 0 Å². The van der Waals surface area contributed by atoms with E-state index >= 15 is 0 Å². The molecule has 1 heterocycles. The van der Waals surface area contributed by atoms with Crippen molar-refractivity contribution in [1.82, 2.24) is 15.0 Å². The van der Waals surface area contributed by atoms with Crippen LogP contribution in [0.3, 0.4) is 0 Å². The lowest BCUT2D eigenvalue weighted by Gasteiger charge is -2.03. The van der Waals surface area contributed by atoms with Crippen molar-refractivity contribution in [3.05, 3.63) is 24.3 Å². The van der Waals surface area contributed by atoms with Crippen molar-refractivity contribution in [2.45, 2.75) is 10.1 Å². The summed E-state index contributed by atoms with van der Waals surface area (Å²) < 4.78 is 0. The first-order valence-corrected chi connectivity index (χ1v) is 7.38. The molecule has 0 amide bonds. The number of nitrogens with zero attached hydrogens (tertiary/aromatic N) is 3. The standard InChI is InChI=1S/C11H12N4S2/c1-16-8-5-3-7(4-6-8)9-13-10(12)15-11(14-9)17-2/h3-6H,1-2H3,(H2,12,13,14,15). The number of benzene rings is 1. The van der Waals surface area contributed by atoms with Gasteiger partial charge in [-0.15, -0.1) is 11.8 Å². The first-order chi connectivity index (χ1) is 8.22. The minimum Gasteiger partial charge on any atom is -0.368 e. The van der Waals surface area contributed by atoms with E-state index in [0.717, 1.165) is 5.56 Å². The number of thioether (sulfide) groups is 2. The Morgan fingerprint density at radius 3 is 2.24 bits per heavy atom. The average Bonchev–Trinajstić information content (AvgIpc) is 2.38. The van der Waals surface area contributed by atoms with E-state index in [9.17, 15) is 0 Å². The van der Waals surface area contributed by atoms with Crippen molar-refractivity contribution >= 4 is 29.5 Å². The van der Waals surface area contributed by atoms with Gasteiger partial charge in [0.05, 0.1) is 0 Å². The monoisotopic (exact) mass is 264 g/mol. The molecule has 0 saturated carbocycles. The molecule has 0 bridgehead atoms. The van der Waals surface area contributed by atoms with E-state index in [4.69, 9.17) is 5.73 Å². The van der Waals surface area contributed by atoms with Gasteiger partial charge in [0.1, 0.15) is 0 Å². The Hall–Kier alpha value is -1.27. The Labute approximate surface area is 108 Å². The van der Waals surface area contributed by atoms with Crippen LogP contribution in [0.2, 0.25) is 0 Å². The lowest BCUT2D eigenvalue weighted by Crippen LogP contribution is -2.01. The van der Waals surface area contributed by atoms with Gasteiger partial charge in [-0.05, 0) is 24.6 Å². The van der Waals surface area contributed by atoms with Crippen molar-refractivity contribution < 1.29 is 0 Å². The molecule has 88 valence electrons. The van der Waals surface area contributed by atoms with Crippen molar-refractivity contribution in [3.63, 3.8) is 0 Å². The zero-order valence-corrected chi connectivity index (χ0v) is 11.2. The normalized spacial score (nSPS) is 10.5. The van der Waals surface area contributed by atoms with Gasteiger partial charge < -0.3 is 5.73 Å². The van der Waals surface area contributed by atoms with E-state index < -0.39 is 0 Å². The molecule has 0 atom stereocenters. The van der Waals surface area contributed by atoms with E-state index in [1.807, 2.05) is 36.8 Å². The Morgan fingerprint density at radius 1 is 0.941 bits per heavy atom. The van der Waals surface area contributed by atoms with E-state index in [1.165, 1.54) is 16.7 Å². The van der Waals surface area contributed by atoms with Gasteiger partial charge in [-0.1, -0.05) is 23.9 Å². The first-order valence-electron chi connectivity index (χ1n) is 4.93. The number of hydrogen-bond acceptors (Lipinski definition) is 6. The smallest absolute Gasteiger partial charge is 0.224 e. The van der Waals surface area contributed by atoms with Crippen LogP contribution in [-0.4, -0.2) is 27.5 Å². The third kappa shape index (κ3) is 2.89. The third-order valence-electron chi connectivity index (χ3n) is 2.16. The highest BCUT2D eigenvalue weighted by molar-refractivity contribution is 7.98. The van der Waals surface area contributed by atoms with Crippen LogP contribution in [0.4, 0.5) is 5.95 Å². The summed E-state index contributed by atoms with van der Waals surface area (Å²) in [7, 11) is 0. The lowest BCUT2D eigenvalue weighted by molar-refractivity contribution is 0.927. The molecule has 0 aliphatic heterocycles. The molecule has 0 unspecified atom stereocenters. The summed E-state index contributed by atoms with van der Waals surface area (Å²) in [6, 6.07) is 8.06. The van der Waals surface area contributed by atoms with Gasteiger partial charge in [0, 0.05) is 10.5 Å². The van der Waals surface area contributed by atoms with Crippen LogP contribution in [-0.2, 0) is 0 Å². The predicted octanol–water partition coefficient (Wildman–Crippen LogP) is 2.56. The molecule has 4 nitrogen and oxygen atoms in total. The molecule has 0 aliphatic rings. The molecular weight excluding hydrogens is 252 g/mol. The predicted molar refractivity (Wildman–Crippen MR) is 73.2 cm³/mol. The fourth-order valence-corrected chi connectivity index (χ4v) is 2.10. The minimum absolute atomic E-state index is 0.258. The van der Waals surface area contributed by atoms with Gasteiger partial charge in [-0.3, -0.25) is 0 Å². The number of aromatic nitrogens is 3. The summed E-state index contributed by atoms with van der Waals surface area (Å²) >= 11 is 3.15. The maximum atomic E-state index is 5.65. The molecule has 0 aliphatic carbocycles. The summed E-state index contributed by atoms with van der Waals surface area (Å²) in [5.41, 5.74) is 6.60. The molecule has 6 heteroatoms. The van der Waals surface area contributed by atoms with Crippen LogP contribution in [0.5, 0.6) is 0 Å². The molecule has 0 radical (unpaired) electrons. The van der Waals surface area contributed by atoms with Gasteiger partial charge in [-0.25, -0.2) is 4.98 Å². The molecule has 0 spiro atoms. The van der Waals surface area contributed by atoms with Crippen molar-refractivity contribution in [1.29, 1.82) is 0 Å². The van der Waals surface area contributed by atoms with Gasteiger partial charge in [-0.2, -0.15) is 9.97 Å². The zero-order chi connectivity index (χ0) is 12.3. The fraction of sp³-hybridized carbons (Fsp3) is 0.182. The molecule has 1 aromatic carbocycles. The Kier molecular flexibility index (Phi) is 3.86. The van der Waals surface area contributed by atoms with Crippen LogP contribution in [0.25, 0.3) is 11.4 Å². The van der Waals surface area contributed by atoms with Gasteiger partial charge in [0.2, 0.25) is 5.95 Å². The number of hydrogen-bond donors (Lipinski definition) is 1. The third-order valence-corrected chi connectivity index (χ3v) is 3.45. The second kappa shape index (κ2) is 5.37. The van der Waals surface area contributed by atoms with Crippen molar-refractivity contribution in [3.8, 4) is 11.4 Å². The minimum atomic E-state index is 0.258. The van der Waals surface area contributed by atoms with E-state index in [0.29, 0.717) is 11.0 Å². The van der Waals surface area contributed by atoms with Crippen LogP contribution in [0, 0.1) is 0 Å². The highest BCUT2D eigenvalue weighted by Gasteiger charge is 2.06. The summed E-state index contributed by atoms with van der Waals surface area (Å²) in [5.74, 6) is 0.878. The Balaban J connectivity index is 2.41. The largest absolute Gasteiger partial charge is 0.368 e. The SMILES string of the molecule is CSc1ccc(-c2nc(N)nc(SC)n2)cc1. The number of anilines is 1. The van der Waals surface area contributed by atoms with Crippen molar-refractivity contribution in [2.75, 3.05) is 18.2 Å². The highest BCUT2D eigenvalue weighted by Crippen LogP contribution is 2.22. The Morgan fingerprint density at radius 2 is 1.65 bits per heavy atom. The molecule has 2 aromatic rings. The summed E-state index contributed by atoms with van der Waals surface area (Å²) in [6.07, 6.45) is 3.96. The van der Waals surface area contributed by atoms with Crippen LogP contribution >= 0.6 is 23.5 Å². The highest BCUT2D eigenvalue weighted by atomic mass is 32.2. The molecular formula is C11H12N4S2. The second-order valence-electron chi connectivity index (χ2n) is 3.23. The van der Waals surface area contributed by atoms with E-state index in [1.54, 1.807) is 11.8 Å². The van der Waals surface area contributed by atoms with Gasteiger partial charge in [0.25, 0.3) is 0 Å². The molecule has 2 rings (SSSR count). The molecule has 2 N–H and O–H groups in total. The van der Waals surface area contributed by atoms with E-state index in [-0.39, 0.29) is 5.95 Å². The number of nitrogen functional groups attached to an aromatic ring is 1. The summed E-state index contributed by atoms with van der Waals surface area (Å²) in [4.78, 5) is 13.7. The Bertz CT molecular complexity index is 513. The lowest BCUT2D eigenvalue weighted by atomic mass is 10.2. The van der Waals surface area contributed by atoms with Gasteiger partial charge in [0.15, 0.2) is 11.0 Å². The zero-order valence-electron chi connectivity index (χ0n) is 9.54. The van der Waals surface area contributed by atoms with Gasteiger partial charge >= 0.3 is 0 Å². The quantitative estimate of drug-likeness (QED) is 0.860. The number of rotatable bonds is 3. The van der Waals surface area contributed by atoms with E-state index in [2.05, 4.69) is 15.0 Å². The maximum Gasteiger partial charge on any atom is 0.224 e. The molecule has 0 fully saturated rings. The maximum absolute atomic E-state index is 5.65. The molecule has 1 aromatic heterocycles. The number of nitrogens with two attached hydrogens (primary N) is 1. The molecule has 17 heavy (non-hydrogen) atoms. The van der Waals surface area contributed by atoms with Crippen LogP contribution in [0.15, 0.2) is 34.3 Å². The van der Waals surface area contributed by atoms with Crippen LogP contribution in [0.1, 0.15) is 0 Å². The first kappa shape index (κ1) is 12.2. The second-order valence-corrected chi connectivity index (χ2v) is 4.89. The summed E-state index contributed by atoms with van der Waals surface area (Å²) in [6.45, 7) is 0. The fourth-order valence-electron chi connectivity index (χ4n) is 1.33. The topological polar surface area (TPSA) is 64.7 Å². The molecule has 0 saturated heterocycles. The van der Waals surface area contributed by atoms with Crippen LogP contribution < -0.4 is 5.73 Å².